The number of anilines is 1. The van der Waals surface area contributed by atoms with E-state index in [-0.39, 0.29) is 0 Å². The number of ether oxygens (including phenoxy) is 2. The fourth-order valence-corrected chi connectivity index (χ4v) is 3.90. The molecule has 4 aromatic rings. The van der Waals surface area contributed by atoms with Gasteiger partial charge in [-0.15, -0.1) is 0 Å². The Morgan fingerprint density at radius 2 is 1.74 bits per heavy atom. The summed E-state index contributed by atoms with van der Waals surface area (Å²) < 4.78 is 12.1. The first-order valence-electron chi connectivity index (χ1n) is 9.58. The van der Waals surface area contributed by atoms with Crippen molar-refractivity contribution in [1.82, 2.24) is 9.97 Å². The Morgan fingerprint density at radius 1 is 0.968 bits per heavy atom. The maximum atomic E-state index is 6.22. The number of hydrogen-bond donors (Lipinski definition) is 1. The predicted molar refractivity (Wildman–Crippen MR) is 126 cm³/mol. The quantitative estimate of drug-likeness (QED) is 0.281. The summed E-state index contributed by atoms with van der Waals surface area (Å²) in [7, 11) is 0. The van der Waals surface area contributed by atoms with E-state index in [0.29, 0.717) is 35.7 Å². The first-order valence-corrected chi connectivity index (χ1v) is 10.8. The molecule has 0 aliphatic carbocycles. The van der Waals surface area contributed by atoms with Gasteiger partial charge in [-0.3, -0.25) is 0 Å². The molecule has 0 spiro atoms. The Morgan fingerprint density at radius 3 is 2.55 bits per heavy atom. The molecule has 0 saturated heterocycles. The minimum Gasteiger partial charge on any atom is -0.486 e. The number of aromatic nitrogens is 2. The highest BCUT2D eigenvalue weighted by atomic mass is 79.9. The highest BCUT2D eigenvalue weighted by Gasteiger charge is 2.14. The second-order valence-electron chi connectivity index (χ2n) is 6.81. The van der Waals surface area contributed by atoms with Crippen LogP contribution < -0.4 is 14.9 Å². The molecule has 0 amide bonds. The third-order valence-corrected chi connectivity index (χ3v) is 5.66. The van der Waals surface area contributed by atoms with E-state index in [1.807, 2.05) is 60.7 Å². The number of nitrogens with zero attached hydrogens (tertiary/aromatic N) is 3. The maximum Gasteiger partial charge on any atom is 0.244 e. The van der Waals surface area contributed by atoms with Crippen molar-refractivity contribution in [3.8, 4) is 22.8 Å². The highest BCUT2D eigenvalue weighted by Crippen LogP contribution is 2.35. The predicted octanol–water partition coefficient (Wildman–Crippen LogP) is 5.93. The second-order valence-corrected chi connectivity index (χ2v) is 8.10. The van der Waals surface area contributed by atoms with Crippen LogP contribution in [-0.2, 0) is 0 Å². The molecular weight excluding hydrogens is 480 g/mol. The first kappa shape index (κ1) is 19.8. The number of hydrazone groups is 1. The molecule has 0 fully saturated rings. The van der Waals surface area contributed by atoms with E-state index in [0.717, 1.165) is 32.2 Å². The van der Waals surface area contributed by atoms with Crippen LogP contribution in [0.25, 0.3) is 22.2 Å². The molecule has 1 aromatic heterocycles. The molecule has 154 valence electrons. The molecule has 3 aromatic carbocycles. The second kappa shape index (κ2) is 8.53. The monoisotopic (exact) mass is 494 g/mol. The van der Waals surface area contributed by atoms with Gasteiger partial charge < -0.3 is 9.47 Å². The summed E-state index contributed by atoms with van der Waals surface area (Å²) in [4.78, 5) is 9.26. The van der Waals surface area contributed by atoms with Crippen molar-refractivity contribution in [2.45, 2.75) is 0 Å². The van der Waals surface area contributed by atoms with Gasteiger partial charge in [0.05, 0.1) is 17.4 Å². The molecule has 2 heterocycles. The van der Waals surface area contributed by atoms with Crippen LogP contribution in [0.3, 0.4) is 0 Å². The van der Waals surface area contributed by atoms with Crippen LogP contribution >= 0.6 is 27.5 Å². The molecule has 31 heavy (non-hydrogen) atoms. The van der Waals surface area contributed by atoms with Crippen LogP contribution in [0.2, 0.25) is 5.02 Å². The summed E-state index contributed by atoms with van der Waals surface area (Å²) in [6.45, 7) is 1.07. The summed E-state index contributed by atoms with van der Waals surface area (Å²) in [5.41, 5.74) is 6.31. The Balaban J connectivity index is 1.48. The Kier molecular flexibility index (Phi) is 5.44. The fraction of sp³-hybridized carbons (Fsp3) is 0.0870. The van der Waals surface area contributed by atoms with Crippen LogP contribution in [0.4, 0.5) is 5.95 Å². The lowest BCUT2D eigenvalue weighted by atomic mass is 10.1. The van der Waals surface area contributed by atoms with E-state index in [1.165, 1.54) is 0 Å². The molecule has 6 nitrogen and oxygen atoms in total. The number of fused-ring (bicyclic) bond motifs is 2. The van der Waals surface area contributed by atoms with E-state index in [1.54, 1.807) is 6.21 Å². The Hall–Kier alpha value is -3.16. The minimum atomic E-state index is 0.388. The summed E-state index contributed by atoms with van der Waals surface area (Å²) >= 11 is 9.76. The molecule has 0 bridgehead atoms. The van der Waals surface area contributed by atoms with Crippen molar-refractivity contribution in [3.05, 3.63) is 75.7 Å². The van der Waals surface area contributed by atoms with Gasteiger partial charge in [-0.05, 0) is 46.3 Å². The van der Waals surface area contributed by atoms with Gasteiger partial charge in [-0.25, -0.2) is 15.4 Å². The third kappa shape index (κ3) is 4.19. The number of hydrogen-bond acceptors (Lipinski definition) is 6. The van der Waals surface area contributed by atoms with Gasteiger partial charge in [-0.2, -0.15) is 5.10 Å². The average molecular weight is 496 g/mol. The zero-order valence-corrected chi connectivity index (χ0v) is 18.5. The molecule has 0 saturated carbocycles. The van der Waals surface area contributed by atoms with Gasteiger partial charge in [0.1, 0.15) is 13.2 Å². The lowest BCUT2D eigenvalue weighted by Crippen LogP contribution is -2.15. The lowest BCUT2D eigenvalue weighted by molar-refractivity contribution is 0.171. The molecular formula is C23H16BrClN4O2. The topological polar surface area (TPSA) is 68.6 Å². The number of rotatable bonds is 4. The van der Waals surface area contributed by atoms with Crippen LogP contribution in [0, 0.1) is 0 Å². The zero-order valence-electron chi connectivity index (χ0n) is 16.2. The molecule has 1 aliphatic rings. The lowest BCUT2D eigenvalue weighted by Gasteiger charge is -2.19. The number of nitrogens with one attached hydrogen (secondary N) is 1. The largest absolute Gasteiger partial charge is 0.486 e. The van der Waals surface area contributed by atoms with E-state index in [9.17, 15) is 0 Å². The van der Waals surface area contributed by atoms with Crippen molar-refractivity contribution in [2.24, 2.45) is 5.10 Å². The molecule has 1 aliphatic heterocycles. The van der Waals surface area contributed by atoms with Crippen LogP contribution in [0.5, 0.6) is 11.5 Å². The smallest absolute Gasteiger partial charge is 0.244 e. The SMILES string of the molecule is Clc1ccc2nc(N/N=C/c3cc4c(cc3Br)OCCO4)nc(-c3ccccc3)c2c1. The maximum absolute atomic E-state index is 6.22. The van der Waals surface area contributed by atoms with Crippen molar-refractivity contribution in [2.75, 3.05) is 18.6 Å². The van der Waals surface area contributed by atoms with Gasteiger partial charge in [0.15, 0.2) is 11.5 Å². The minimum absolute atomic E-state index is 0.388. The van der Waals surface area contributed by atoms with Crippen LogP contribution in [0.1, 0.15) is 5.56 Å². The number of halogens is 2. The third-order valence-electron chi connectivity index (χ3n) is 4.73. The van der Waals surface area contributed by atoms with Crippen LogP contribution in [0.15, 0.2) is 70.2 Å². The summed E-state index contributed by atoms with van der Waals surface area (Å²) in [6, 6.07) is 19.2. The zero-order chi connectivity index (χ0) is 21.2. The van der Waals surface area contributed by atoms with Gasteiger partial charge in [0.25, 0.3) is 0 Å². The molecule has 0 unspecified atom stereocenters. The molecule has 0 atom stereocenters. The van der Waals surface area contributed by atoms with E-state index in [4.69, 9.17) is 21.1 Å². The first-order chi connectivity index (χ1) is 15.2. The molecule has 5 rings (SSSR count). The average Bonchev–Trinajstić information content (AvgIpc) is 2.79. The van der Waals surface area contributed by atoms with Gasteiger partial charge >= 0.3 is 0 Å². The van der Waals surface area contributed by atoms with Gasteiger partial charge in [0, 0.05) is 26.0 Å². The van der Waals surface area contributed by atoms with E-state index in [2.05, 4.69) is 36.4 Å². The van der Waals surface area contributed by atoms with Crippen molar-refractivity contribution in [3.63, 3.8) is 0 Å². The molecule has 0 radical (unpaired) electrons. The Labute approximate surface area is 192 Å². The van der Waals surface area contributed by atoms with Gasteiger partial charge in [0.2, 0.25) is 5.95 Å². The summed E-state index contributed by atoms with van der Waals surface area (Å²) in [6.07, 6.45) is 1.68. The summed E-state index contributed by atoms with van der Waals surface area (Å²) in [5, 5.41) is 5.84. The number of benzene rings is 3. The van der Waals surface area contributed by atoms with E-state index < -0.39 is 0 Å². The van der Waals surface area contributed by atoms with Crippen LogP contribution in [-0.4, -0.2) is 29.4 Å². The molecule has 1 N–H and O–H groups in total. The fourth-order valence-electron chi connectivity index (χ4n) is 3.30. The normalized spacial score (nSPS) is 13.0. The highest BCUT2D eigenvalue weighted by molar-refractivity contribution is 9.10. The van der Waals surface area contributed by atoms with Crippen molar-refractivity contribution >= 4 is 50.6 Å². The molecule has 8 heteroatoms. The van der Waals surface area contributed by atoms with Crippen molar-refractivity contribution < 1.29 is 9.47 Å². The standard InChI is InChI=1S/C23H16BrClN4O2/c24-18-12-21-20(30-8-9-31-21)10-15(18)13-26-29-23-27-19-7-6-16(25)11-17(19)22(28-23)14-4-2-1-3-5-14/h1-7,10-13H,8-9H2,(H,27,28,29)/b26-13+. The Bertz CT molecular complexity index is 1300. The van der Waals surface area contributed by atoms with Crippen molar-refractivity contribution in [1.29, 1.82) is 0 Å². The summed E-state index contributed by atoms with van der Waals surface area (Å²) in [5.74, 6) is 1.80. The van der Waals surface area contributed by atoms with E-state index >= 15 is 0 Å². The van der Waals surface area contributed by atoms with Gasteiger partial charge in [-0.1, -0.05) is 41.9 Å².